The molecule has 3 heteroatoms. The molecule has 2 unspecified atom stereocenters. The van der Waals surface area contributed by atoms with Gasteiger partial charge in [-0.05, 0) is 12.8 Å². The summed E-state index contributed by atoms with van der Waals surface area (Å²) in [5, 5.41) is 18.2. The molecule has 3 nitrogen and oxygen atoms in total. The molecule has 0 aliphatic carbocycles. The third kappa shape index (κ3) is 4.70. The summed E-state index contributed by atoms with van der Waals surface area (Å²) in [7, 11) is 0. The first-order valence-electron chi connectivity index (χ1n) is 4.66. The van der Waals surface area contributed by atoms with Gasteiger partial charge in [0.1, 0.15) is 6.10 Å². The molecule has 0 radical (unpaired) electrons. The van der Waals surface area contributed by atoms with Gasteiger partial charge in [0, 0.05) is 6.61 Å². The van der Waals surface area contributed by atoms with Gasteiger partial charge in [0.2, 0.25) is 0 Å². The van der Waals surface area contributed by atoms with Gasteiger partial charge in [-0.3, -0.25) is 0 Å². The number of rotatable bonds is 7. The number of aliphatic hydroxyl groups excluding tert-OH is 2. The minimum absolute atomic E-state index is 0.0985. The van der Waals surface area contributed by atoms with Crippen LogP contribution < -0.4 is 0 Å². The monoisotopic (exact) mass is 176 g/mol. The minimum atomic E-state index is -0.535. The molecule has 12 heavy (non-hydrogen) atoms. The predicted octanol–water partition coefficient (Wildman–Crippen LogP) is 0.935. The van der Waals surface area contributed by atoms with Crippen molar-refractivity contribution in [1.29, 1.82) is 0 Å². The van der Waals surface area contributed by atoms with Crippen LogP contribution in [0.15, 0.2) is 0 Å². The largest absolute Gasteiger partial charge is 0.394 e. The Morgan fingerprint density at radius 2 is 2.00 bits per heavy atom. The first kappa shape index (κ1) is 11.9. The van der Waals surface area contributed by atoms with Crippen LogP contribution in [0.25, 0.3) is 0 Å². The van der Waals surface area contributed by atoms with E-state index in [1.807, 2.05) is 6.92 Å². The maximum atomic E-state index is 9.33. The van der Waals surface area contributed by atoms with E-state index in [-0.39, 0.29) is 6.61 Å². The summed E-state index contributed by atoms with van der Waals surface area (Å²) in [5.74, 6) is 0. The van der Waals surface area contributed by atoms with E-state index in [1.54, 1.807) is 0 Å². The number of ether oxygens (including phenoxy) is 1. The molecule has 0 aromatic heterocycles. The first-order chi connectivity index (χ1) is 5.76. The normalized spacial score (nSPS) is 16.0. The maximum Gasteiger partial charge on any atom is 0.106 e. The van der Waals surface area contributed by atoms with Crippen LogP contribution in [0.5, 0.6) is 0 Å². The second kappa shape index (κ2) is 7.53. The molecular weight excluding hydrogens is 156 g/mol. The fraction of sp³-hybridized carbons (Fsp3) is 1.00. The highest BCUT2D eigenvalue weighted by Gasteiger charge is 2.16. The molecule has 74 valence electrons. The number of aliphatic hydroxyl groups is 2. The molecule has 0 aliphatic rings. The number of unbranched alkanes of at least 4 members (excludes halogenated alkanes) is 1. The molecule has 2 atom stereocenters. The molecule has 0 amide bonds. The van der Waals surface area contributed by atoms with Crippen molar-refractivity contribution in [2.75, 3.05) is 13.2 Å². The zero-order valence-electron chi connectivity index (χ0n) is 7.99. The van der Waals surface area contributed by atoms with Crippen molar-refractivity contribution in [1.82, 2.24) is 0 Å². The minimum Gasteiger partial charge on any atom is -0.394 e. The van der Waals surface area contributed by atoms with Crippen molar-refractivity contribution in [2.45, 2.75) is 45.3 Å². The quantitative estimate of drug-likeness (QED) is 0.567. The molecule has 0 fully saturated rings. The first-order valence-corrected chi connectivity index (χ1v) is 4.66. The van der Waals surface area contributed by atoms with Crippen molar-refractivity contribution in [3.8, 4) is 0 Å². The van der Waals surface area contributed by atoms with Crippen LogP contribution in [0.2, 0.25) is 0 Å². The fourth-order valence-corrected chi connectivity index (χ4v) is 0.927. The highest BCUT2D eigenvalue weighted by molar-refractivity contribution is 4.65. The van der Waals surface area contributed by atoms with Crippen LogP contribution in [-0.4, -0.2) is 35.6 Å². The molecule has 0 bridgehead atoms. The Morgan fingerprint density at radius 1 is 1.33 bits per heavy atom. The summed E-state index contributed by atoms with van der Waals surface area (Å²) in [6.45, 7) is 4.47. The van der Waals surface area contributed by atoms with Crippen LogP contribution in [0, 0.1) is 0 Å². The van der Waals surface area contributed by atoms with Gasteiger partial charge in [-0.25, -0.2) is 0 Å². The third-order valence-electron chi connectivity index (χ3n) is 1.86. The van der Waals surface area contributed by atoms with Gasteiger partial charge >= 0.3 is 0 Å². The topological polar surface area (TPSA) is 49.7 Å². The van der Waals surface area contributed by atoms with E-state index >= 15 is 0 Å². The van der Waals surface area contributed by atoms with E-state index in [9.17, 15) is 5.11 Å². The zero-order chi connectivity index (χ0) is 9.40. The summed E-state index contributed by atoms with van der Waals surface area (Å²) in [5.41, 5.74) is 0. The highest BCUT2D eigenvalue weighted by Crippen LogP contribution is 2.03. The summed E-state index contributed by atoms with van der Waals surface area (Å²) in [6, 6.07) is 0. The summed E-state index contributed by atoms with van der Waals surface area (Å²) in [6.07, 6.45) is 1.73. The van der Waals surface area contributed by atoms with Gasteiger partial charge in [0.25, 0.3) is 0 Å². The van der Waals surface area contributed by atoms with Crippen LogP contribution in [0.4, 0.5) is 0 Å². The second-order valence-electron chi connectivity index (χ2n) is 2.92. The van der Waals surface area contributed by atoms with Crippen molar-refractivity contribution in [3.63, 3.8) is 0 Å². The predicted molar refractivity (Wildman–Crippen MR) is 48.0 cm³/mol. The van der Waals surface area contributed by atoms with Crippen molar-refractivity contribution in [3.05, 3.63) is 0 Å². The summed E-state index contributed by atoms with van der Waals surface area (Å²) < 4.78 is 5.28. The number of hydrogen-bond acceptors (Lipinski definition) is 3. The lowest BCUT2D eigenvalue weighted by molar-refractivity contribution is -0.0645. The fourth-order valence-electron chi connectivity index (χ4n) is 0.927. The van der Waals surface area contributed by atoms with Gasteiger partial charge in [-0.2, -0.15) is 0 Å². The molecule has 0 saturated heterocycles. The van der Waals surface area contributed by atoms with E-state index in [0.29, 0.717) is 13.0 Å². The molecule has 2 N–H and O–H groups in total. The van der Waals surface area contributed by atoms with E-state index < -0.39 is 12.2 Å². The highest BCUT2D eigenvalue weighted by atomic mass is 16.5. The van der Waals surface area contributed by atoms with Gasteiger partial charge in [-0.1, -0.05) is 20.3 Å². The summed E-state index contributed by atoms with van der Waals surface area (Å²) >= 11 is 0. The van der Waals surface area contributed by atoms with Crippen molar-refractivity contribution < 1.29 is 14.9 Å². The Morgan fingerprint density at radius 3 is 2.42 bits per heavy atom. The number of hydrogen-bond donors (Lipinski definition) is 2. The lowest BCUT2D eigenvalue weighted by Gasteiger charge is -2.19. The van der Waals surface area contributed by atoms with Gasteiger partial charge < -0.3 is 14.9 Å². The third-order valence-corrected chi connectivity index (χ3v) is 1.86. The molecule has 0 spiro atoms. The van der Waals surface area contributed by atoms with E-state index in [0.717, 1.165) is 12.8 Å². The SMILES string of the molecule is CCCCOC(CO)C(O)CC. The average Bonchev–Trinajstić information content (AvgIpc) is 2.11. The lowest BCUT2D eigenvalue weighted by Crippen LogP contribution is -2.32. The van der Waals surface area contributed by atoms with Crippen LogP contribution in [0.1, 0.15) is 33.1 Å². The van der Waals surface area contributed by atoms with Crippen LogP contribution >= 0.6 is 0 Å². The Kier molecular flexibility index (Phi) is 7.45. The van der Waals surface area contributed by atoms with Gasteiger partial charge in [0.15, 0.2) is 0 Å². The Balaban J connectivity index is 3.52. The Bertz CT molecular complexity index is 95.8. The van der Waals surface area contributed by atoms with E-state index in [2.05, 4.69) is 6.92 Å². The van der Waals surface area contributed by atoms with E-state index in [4.69, 9.17) is 9.84 Å². The van der Waals surface area contributed by atoms with E-state index in [1.165, 1.54) is 0 Å². The van der Waals surface area contributed by atoms with Gasteiger partial charge in [0.05, 0.1) is 12.7 Å². The molecule has 0 saturated carbocycles. The molecular formula is C9H20O3. The van der Waals surface area contributed by atoms with Crippen molar-refractivity contribution in [2.24, 2.45) is 0 Å². The smallest absolute Gasteiger partial charge is 0.106 e. The summed E-state index contributed by atoms with van der Waals surface area (Å²) in [4.78, 5) is 0. The van der Waals surface area contributed by atoms with Gasteiger partial charge in [-0.15, -0.1) is 0 Å². The Hall–Kier alpha value is -0.120. The molecule has 0 heterocycles. The Labute approximate surface area is 74.4 Å². The molecule has 0 aromatic rings. The van der Waals surface area contributed by atoms with Crippen LogP contribution in [0.3, 0.4) is 0 Å². The standard InChI is InChI=1S/C9H20O3/c1-3-5-6-12-9(7-10)8(11)4-2/h8-11H,3-7H2,1-2H3. The van der Waals surface area contributed by atoms with Crippen LogP contribution in [-0.2, 0) is 4.74 Å². The van der Waals surface area contributed by atoms with Crippen molar-refractivity contribution >= 4 is 0 Å². The second-order valence-corrected chi connectivity index (χ2v) is 2.92. The lowest BCUT2D eigenvalue weighted by atomic mass is 10.1. The zero-order valence-corrected chi connectivity index (χ0v) is 7.99. The molecule has 0 aromatic carbocycles. The maximum absolute atomic E-state index is 9.33. The molecule has 0 aliphatic heterocycles. The average molecular weight is 176 g/mol. The molecule has 0 rings (SSSR count).